The number of alkyl halides is 2. The van der Waals surface area contributed by atoms with Gasteiger partial charge in [0.2, 0.25) is 0 Å². The van der Waals surface area contributed by atoms with E-state index in [9.17, 15) is 18.4 Å². The van der Waals surface area contributed by atoms with Crippen molar-refractivity contribution >= 4 is 23.3 Å². The third kappa shape index (κ3) is 6.57. The molecule has 0 aliphatic rings. The minimum atomic E-state index is -2.91. The van der Waals surface area contributed by atoms with E-state index in [1.165, 1.54) is 30.3 Å². The third-order valence-corrected chi connectivity index (χ3v) is 3.40. The van der Waals surface area contributed by atoms with Crippen LogP contribution in [0.2, 0.25) is 0 Å². The van der Waals surface area contributed by atoms with E-state index in [1.54, 1.807) is 18.2 Å². The molecule has 0 atom stereocenters. The number of carbonyl (C=O) groups is 2. The van der Waals surface area contributed by atoms with Crippen molar-refractivity contribution in [2.75, 3.05) is 18.5 Å². The first-order chi connectivity index (χ1) is 13.5. The summed E-state index contributed by atoms with van der Waals surface area (Å²) < 4.78 is 33.7. The largest absolute Gasteiger partial charge is 0.452 e. The summed E-state index contributed by atoms with van der Waals surface area (Å²) in [6.45, 7) is -3.21. The fourth-order valence-corrected chi connectivity index (χ4v) is 2.16. The van der Waals surface area contributed by atoms with Crippen LogP contribution in [-0.2, 0) is 9.53 Å². The van der Waals surface area contributed by atoms with Gasteiger partial charge in [0.05, 0.1) is 23.7 Å². The normalized spacial score (nSPS) is 10.1. The maximum Gasteiger partial charge on any atom is 0.387 e. The van der Waals surface area contributed by atoms with Crippen molar-refractivity contribution in [1.29, 1.82) is 5.26 Å². The fourth-order valence-electron chi connectivity index (χ4n) is 2.16. The number of carbonyl (C=O) groups excluding carboxylic acids is 2. The number of rotatable bonds is 9. The van der Waals surface area contributed by atoms with Crippen molar-refractivity contribution in [1.82, 2.24) is 5.32 Å². The number of hydrogen-bond acceptors (Lipinski definition) is 6. The zero-order valence-corrected chi connectivity index (χ0v) is 14.7. The summed E-state index contributed by atoms with van der Waals surface area (Å²) in [7, 11) is 0. The number of para-hydroxylation sites is 1. The Morgan fingerprint density at radius 2 is 1.82 bits per heavy atom. The Balaban J connectivity index is 1.99. The molecule has 0 unspecified atom stereocenters. The van der Waals surface area contributed by atoms with Gasteiger partial charge >= 0.3 is 12.6 Å². The van der Waals surface area contributed by atoms with Gasteiger partial charge in [-0.2, -0.15) is 14.0 Å². The second kappa shape index (κ2) is 10.5. The van der Waals surface area contributed by atoms with Crippen LogP contribution in [0.4, 0.5) is 20.2 Å². The predicted molar refractivity (Wildman–Crippen MR) is 96.3 cm³/mol. The summed E-state index contributed by atoms with van der Waals surface area (Å²) in [5, 5.41) is 13.8. The van der Waals surface area contributed by atoms with Crippen LogP contribution in [0.1, 0.15) is 16.8 Å². The van der Waals surface area contributed by atoms with Crippen LogP contribution in [0.3, 0.4) is 0 Å². The molecule has 0 bridgehead atoms. The van der Waals surface area contributed by atoms with Crippen LogP contribution in [0.5, 0.6) is 5.75 Å². The lowest BCUT2D eigenvalue weighted by molar-refractivity contribution is -0.124. The van der Waals surface area contributed by atoms with Gasteiger partial charge < -0.3 is 20.1 Å². The number of esters is 1. The van der Waals surface area contributed by atoms with Crippen molar-refractivity contribution in [3.8, 4) is 11.8 Å². The van der Waals surface area contributed by atoms with Crippen LogP contribution in [-0.4, -0.2) is 31.6 Å². The molecule has 0 aliphatic heterocycles. The van der Waals surface area contributed by atoms with E-state index in [0.29, 0.717) is 11.4 Å². The molecule has 1 amide bonds. The maximum absolute atomic E-state index is 12.3. The molecule has 0 heterocycles. The molecular weight excluding hydrogens is 372 g/mol. The first-order valence-corrected chi connectivity index (χ1v) is 8.21. The SMILES string of the molecule is N#CCCNC(=O)COC(=O)c1ccccc1Nc1ccc(OC(F)F)cc1. The summed E-state index contributed by atoms with van der Waals surface area (Å²) in [6, 6.07) is 14.1. The molecular formula is C19H17F2N3O4. The van der Waals surface area contributed by atoms with Gasteiger partial charge in [-0.15, -0.1) is 0 Å². The van der Waals surface area contributed by atoms with Gasteiger partial charge in [0, 0.05) is 12.2 Å². The van der Waals surface area contributed by atoms with E-state index < -0.39 is 25.1 Å². The summed E-state index contributed by atoms with van der Waals surface area (Å²) in [6.07, 6.45) is 0.160. The number of nitriles is 1. The molecule has 28 heavy (non-hydrogen) atoms. The number of ether oxygens (including phenoxy) is 2. The van der Waals surface area contributed by atoms with E-state index in [0.717, 1.165) is 0 Å². The monoisotopic (exact) mass is 389 g/mol. The third-order valence-electron chi connectivity index (χ3n) is 3.40. The zero-order valence-electron chi connectivity index (χ0n) is 14.7. The van der Waals surface area contributed by atoms with Gasteiger partial charge in [0.1, 0.15) is 5.75 Å². The van der Waals surface area contributed by atoms with Crippen molar-refractivity contribution < 1.29 is 27.8 Å². The van der Waals surface area contributed by atoms with Crippen LogP contribution >= 0.6 is 0 Å². The Hall–Kier alpha value is -3.67. The van der Waals surface area contributed by atoms with Gasteiger partial charge in [-0.05, 0) is 36.4 Å². The molecule has 146 valence electrons. The average molecular weight is 389 g/mol. The van der Waals surface area contributed by atoms with Crippen LogP contribution < -0.4 is 15.4 Å². The zero-order chi connectivity index (χ0) is 20.4. The van der Waals surface area contributed by atoms with E-state index in [1.807, 2.05) is 6.07 Å². The molecule has 2 aromatic rings. The second-order valence-corrected chi connectivity index (χ2v) is 5.41. The molecule has 2 N–H and O–H groups in total. The molecule has 2 aromatic carbocycles. The topological polar surface area (TPSA) is 100 Å². The Bertz CT molecular complexity index is 851. The molecule has 0 aliphatic carbocycles. The fraction of sp³-hybridized carbons (Fsp3) is 0.211. The number of anilines is 2. The lowest BCUT2D eigenvalue weighted by Crippen LogP contribution is -2.29. The van der Waals surface area contributed by atoms with Gasteiger partial charge in [0.25, 0.3) is 5.91 Å². The van der Waals surface area contributed by atoms with Crippen LogP contribution in [0.25, 0.3) is 0 Å². The van der Waals surface area contributed by atoms with Gasteiger partial charge in [-0.25, -0.2) is 4.79 Å². The highest BCUT2D eigenvalue weighted by Gasteiger charge is 2.14. The minimum absolute atomic E-state index is 0.00987. The smallest absolute Gasteiger partial charge is 0.387 e. The molecule has 0 spiro atoms. The molecule has 7 nitrogen and oxygen atoms in total. The first kappa shape index (κ1) is 20.6. The highest BCUT2D eigenvalue weighted by atomic mass is 19.3. The number of hydrogen-bond donors (Lipinski definition) is 2. The second-order valence-electron chi connectivity index (χ2n) is 5.41. The summed E-state index contributed by atoms with van der Waals surface area (Å²) >= 11 is 0. The van der Waals surface area contributed by atoms with Crippen molar-refractivity contribution in [2.24, 2.45) is 0 Å². The predicted octanol–water partition coefficient (Wildman–Crippen LogP) is 3.22. The number of halogens is 2. The lowest BCUT2D eigenvalue weighted by Gasteiger charge is -2.12. The average Bonchev–Trinajstić information content (AvgIpc) is 2.68. The van der Waals surface area contributed by atoms with E-state index in [2.05, 4.69) is 15.4 Å². The molecule has 0 fully saturated rings. The highest BCUT2D eigenvalue weighted by molar-refractivity contribution is 5.97. The highest BCUT2D eigenvalue weighted by Crippen LogP contribution is 2.24. The molecule has 0 saturated carbocycles. The number of benzene rings is 2. The van der Waals surface area contributed by atoms with Crippen molar-refractivity contribution in [2.45, 2.75) is 13.0 Å². The Morgan fingerprint density at radius 1 is 1.11 bits per heavy atom. The van der Waals surface area contributed by atoms with Crippen molar-refractivity contribution in [3.63, 3.8) is 0 Å². The summed E-state index contributed by atoms with van der Waals surface area (Å²) in [5.74, 6) is -1.21. The number of amides is 1. The quantitative estimate of drug-likeness (QED) is 0.505. The number of nitrogens with zero attached hydrogens (tertiary/aromatic N) is 1. The van der Waals surface area contributed by atoms with Gasteiger partial charge in [-0.3, -0.25) is 4.79 Å². The standard InChI is InChI=1S/C19H17F2N3O4/c20-19(21)28-14-8-6-13(7-9-14)24-16-5-2-1-4-15(16)18(26)27-12-17(25)23-11-3-10-22/h1-2,4-9,19,24H,3,11-12H2,(H,23,25). The van der Waals surface area contributed by atoms with Crippen molar-refractivity contribution in [3.05, 3.63) is 54.1 Å². The van der Waals surface area contributed by atoms with Crippen LogP contribution in [0, 0.1) is 11.3 Å². The minimum Gasteiger partial charge on any atom is -0.452 e. The summed E-state index contributed by atoms with van der Waals surface area (Å²) in [4.78, 5) is 23.8. The van der Waals surface area contributed by atoms with E-state index >= 15 is 0 Å². The summed E-state index contributed by atoms with van der Waals surface area (Å²) in [5.41, 5.74) is 1.15. The Labute approximate surface area is 159 Å². The number of nitrogens with one attached hydrogen (secondary N) is 2. The van der Waals surface area contributed by atoms with Gasteiger partial charge in [-0.1, -0.05) is 12.1 Å². The molecule has 0 saturated heterocycles. The lowest BCUT2D eigenvalue weighted by atomic mass is 10.1. The van der Waals surface area contributed by atoms with Crippen LogP contribution in [0.15, 0.2) is 48.5 Å². The maximum atomic E-state index is 12.3. The molecule has 9 heteroatoms. The van der Waals surface area contributed by atoms with Gasteiger partial charge in [0.15, 0.2) is 6.61 Å². The molecule has 0 radical (unpaired) electrons. The Kier molecular flexibility index (Phi) is 7.72. The first-order valence-electron chi connectivity index (χ1n) is 8.21. The Morgan fingerprint density at radius 3 is 2.50 bits per heavy atom. The van der Waals surface area contributed by atoms with E-state index in [-0.39, 0.29) is 24.3 Å². The molecule has 2 rings (SSSR count). The van der Waals surface area contributed by atoms with E-state index in [4.69, 9.17) is 10.00 Å². The molecule has 0 aromatic heterocycles.